The Morgan fingerprint density at radius 1 is 1.39 bits per heavy atom. The zero-order valence-electron chi connectivity index (χ0n) is 17.3. The Hall–Kier alpha value is -1.37. The Morgan fingerprint density at radius 2 is 2.07 bits per heavy atom. The fourth-order valence-electron chi connectivity index (χ4n) is 3.36. The molecular formula is C21H32ClN3O2S. The molecule has 28 heavy (non-hydrogen) atoms. The van der Waals surface area contributed by atoms with E-state index in [2.05, 4.69) is 10.2 Å². The Labute approximate surface area is 179 Å². The molecule has 0 radical (unpaired) electrons. The summed E-state index contributed by atoms with van der Waals surface area (Å²) in [6.07, 6.45) is 2.97. The van der Waals surface area contributed by atoms with Gasteiger partial charge in [0.2, 0.25) is 5.91 Å². The number of nitrogens with zero attached hydrogens (tertiary/aromatic N) is 2. The third-order valence-electron chi connectivity index (χ3n) is 5.03. The van der Waals surface area contributed by atoms with Gasteiger partial charge >= 0.3 is 0 Å². The van der Waals surface area contributed by atoms with Crippen molar-refractivity contribution in [1.29, 1.82) is 0 Å². The number of nitrogens with one attached hydrogen (secondary N) is 1. The number of amides is 1. The third-order valence-corrected chi connectivity index (χ3v) is 5.77. The second-order valence-corrected chi connectivity index (χ2v) is 8.39. The van der Waals surface area contributed by atoms with Crippen LogP contribution in [0.15, 0.2) is 18.2 Å². The average Bonchev–Trinajstić information content (AvgIpc) is 2.64. The largest absolute Gasteiger partial charge is 0.379 e. The number of piperidine rings is 1. The number of anilines is 1. The smallest absolute Gasteiger partial charge is 0.219 e. The van der Waals surface area contributed by atoms with Gasteiger partial charge in [-0.1, -0.05) is 17.7 Å². The van der Waals surface area contributed by atoms with Crippen molar-refractivity contribution >= 4 is 40.5 Å². The van der Waals surface area contributed by atoms with Crippen molar-refractivity contribution in [2.24, 2.45) is 0 Å². The monoisotopic (exact) mass is 425 g/mol. The SMILES string of the molecule is CC(=O)N1CCC(N(CCCOC(C)C)C(=S)Nc2ccc(C)c(Cl)c2)CC1. The van der Waals surface area contributed by atoms with Gasteiger partial charge in [0, 0.05) is 49.9 Å². The summed E-state index contributed by atoms with van der Waals surface area (Å²) in [5, 5.41) is 4.76. The number of carbonyl (C=O) groups excluding carboxylic acids is 1. The predicted molar refractivity (Wildman–Crippen MR) is 120 cm³/mol. The third kappa shape index (κ3) is 6.90. The lowest BCUT2D eigenvalue weighted by Crippen LogP contribution is -2.50. The molecule has 0 aliphatic carbocycles. The second kappa shape index (κ2) is 11.0. The number of thiocarbonyl (C=S) groups is 1. The van der Waals surface area contributed by atoms with Crippen molar-refractivity contribution in [2.75, 3.05) is 31.6 Å². The lowest BCUT2D eigenvalue weighted by atomic mass is 10.0. The highest BCUT2D eigenvalue weighted by Crippen LogP contribution is 2.22. The maximum Gasteiger partial charge on any atom is 0.219 e. The number of hydrogen-bond acceptors (Lipinski definition) is 3. The number of carbonyl (C=O) groups is 1. The van der Waals surface area contributed by atoms with E-state index in [1.807, 2.05) is 43.9 Å². The molecule has 2 rings (SSSR count). The molecule has 1 aliphatic heterocycles. The number of benzene rings is 1. The van der Waals surface area contributed by atoms with Crippen molar-refractivity contribution in [3.05, 3.63) is 28.8 Å². The van der Waals surface area contributed by atoms with Crippen LogP contribution in [0.5, 0.6) is 0 Å². The number of likely N-dealkylation sites (tertiary alicyclic amines) is 1. The number of rotatable bonds is 7. The average molecular weight is 426 g/mol. The van der Waals surface area contributed by atoms with E-state index in [0.717, 1.165) is 55.2 Å². The standard InChI is InChI=1S/C21H32ClN3O2S/c1-15(2)27-13-5-10-25(19-8-11-24(12-9-19)17(4)26)21(28)23-18-7-6-16(3)20(22)14-18/h6-7,14-15,19H,5,8-13H2,1-4H3,(H,23,28). The topological polar surface area (TPSA) is 44.8 Å². The van der Waals surface area contributed by atoms with Crippen LogP contribution in [0.2, 0.25) is 5.02 Å². The molecular weight excluding hydrogens is 394 g/mol. The van der Waals surface area contributed by atoms with Crippen LogP contribution in [-0.4, -0.2) is 59.2 Å². The van der Waals surface area contributed by atoms with Crippen molar-refractivity contribution in [3.63, 3.8) is 0 Å². The Balaban J connectivity index is 2.02. The van der Waals surface area contributed by atoms with Gasteiger partial charge in [0.1, 0.15) is 0 Å². The lowest BCUT2D eigenvalue weighted by molar-refractivity contribution is -0.130. The highest BCUT2D eigenvalue weighted by Gasteiger charge is 2.27. The molecule has 1 saturated heterocycles. The number of aryl methyl sites for hydroxylation is 1. The van der Waals surface area contributed by atoms with E-state index in [4.69, 9.17) is 28.6 Å². The molecule has 1 amide bonds. The van der Waals surface area contributed by atoms with Crippen molar-refractivity contribution < 1.29 is 9.53 Å². The minimum Gasteiger partial charge on any atom is -0.379 e. The van der Waals surface area contributed by atoms with Gasteiger partial charge in [-0.25, -0.2) is 0 Å². The molecule has 0 atom stereocenters. The zero-order chi connectivity index (χ0) is 20.7. The van der Waals surface area contributed by atoms with Crippen LogP contribution in [0.1, 0.15) is 45.6 Å². The highest BCUT2D eigenvalue weighted by atomic mass is 35.5. The lowest BCUT2D eigenvalue weighted by Gasteiger charge is -2.39. The molecule has 0 bridgehead atoms. The van der Waals surface area contributed by atoms with Crippen LogP contribution in [0.25, 0.3) is 0 Å². The maximum atomic E-state index is 11.6. The maximum absolute atomic E-state index is 11.6. The van der Waals surface area contributed by atoms with Crippen molar-refractivity contribution in [2.45, 2.75) is 59.1 Å². The van der Waals surface area contributed by atoms with Crippen molar-refractivity contribution in [1.82, 2.24) is 9.80 Å². The van der Waals surface area contributed by atoms with E-state index in [0.29, 0.717) is 17.8 Å². The van der Waals surface area contributed by atoms with Gasteiger partial charge in [-0.15, -0.1) is 0 Å². The molecule has 0 saturated carbocycles. The zero-order valence-corrected chi connectivity index (χ0v) is 18.9. The molecule has 156 valence electrons. The van der Waals surface area contributed by atoms with E-state index >= 15 is 0 Å². The van der Waals surface area contributed by atoms with Crippen molar-refractivity contribution in [3.8, 4) is 0 Å². The summed E-state index contributed by atoms with van der Waals surface area (Å²) in [5.41, 5.74) is 1.93. The number of hydrogen-bond donors (Lipinski definition) is 1. The molecule has 1 N–H and O–H groups in total. The van der Waals surface area contributed by atoms with Crippen LogP contribution in [-0.2, 0) is 9.53 Å². The van der Waals surface area contributed by atoms with Gasteiger partial charge in [-0.2, -0.15) is 0 Å². The molecule has 1 fully saturated rings. The van der Waals surface area contributed by atoms with Gasteiger partial charge in [-0.3, -0.25) is 4.79 Å². The summed E-state index contributed by atoms with van der Waals surface area (Å²) in [5.74, 6) is 0.144. The molecule has 0 unspecified atom stereocenters. The van der Waals surface area contributed by atoms with Gasteiger partial charge in [0.15, 0.2) is 5.11 Å². The Kier molecular flexibility index (Phi) is 8.99. The van der Waals surface area contributed by atoms with E-state index < -0.39 is 0 Å². The molecule has 5 nitrogen and oxygen atoms in total. The minimum absolute atomic E-state index is 0.144. The molecule has 1 aliphatic rings. The molecule has 1 aromatic carbocycles. The summed E-state index contributed by atoms with van der Waals surface area (Å²) < 4.78 is 5.69. The molecule has 7 heteroatoms. The van der Waals surface area contributed by atoms with E-state index in [-0.39, 0.29) is 12.0 Å². The first kappa shape index (κ1) is 22.9. The van der Waals surface area contributed by atoms with Crippen LogP contribution >= 0.6 is 23.8 Å². The molecule has 0 spiro atoms. The van der Waals surface area contributed by atoms with Gasteiger partial charge in [0.05, 0.1) is 6.10 Å². The van der Waals surface area contributed by atoms with Crippen LogP contribution in [0.3, 0.4) is 0 Å². The quantitative estimate of drug-likeness (QED) is 0.515. The van der Waals surface area contributed by atoms with E-state index in [1.54, 1.807) is 6.92 Å². The van der Waals surface area contributed by atoms with Crippen LogP contribution in [0.4, 0.5) is 5.69 Å². The van der Waals surface area contributed by atoms with Gasteiger partial charge < -0.3 is 19.9 Å². The minimum atomic E-state index is 0.144. The van der Waals surface area contributed by atoms with Crippen LogP contribution < -0.4 is 5.32 Å². The highest BCUT2D eigenvalue weighted by molar-refractivity contribution is 7.80. The number of ether oxygens (including phenoxy) is 1. The summed E-state index contributed by atoms with van der Waals surface area (Å²) >= 11 is 12.0. The second-order valence-electron chi connectivity index (χ2n) is 7.60. The first-order chi connectivity index (χ1) is 13.3. The summed E-state index contributed by atoms with van der Waals surface area (Å²) in [4.78, 5) is 15.8. The van der Waals surface area contributed by atoms with Crippen LogP contribution in [0, 0.1) is 6.92 Å². The summed E-state index contributed by atoms with van der Waals surface area (Å²) in [6, 6.07) is 6.20. The van der Waals surface area contributed by atoms with E-state index in [1.165, 1.54) is 0 Å². The molecule has 1 heterocycles. The molecule has 1 aromatic rings. The first-order valence-corrected chi connectivity index (χ1v) is 10.8. The fourth-order valence-corrected chi connectivity index (χ4v) is 3.90. The normalized spacial score (nSPS) is 15.0. The summed E-state index contributed by atoms with van der Waals surface area (Å²) in [7, 11) is 0. The Morgan fingerprint density at radius 3 is 2.64 bits per heavy atom. The van der Waals surface area contributed by atoms with Gasteiger partial charge in [-0.05, 0) is 69.9 Å². The predicted octanol–water partition coefficient (Wildman–Crippen LogP) is 4.47. The molecule has 0 aromatic heterocycles. The summed E-state index contributed by atoms with van der Waals surface area (Å²) in [6.45, 7) is 10.8. The van der Waals surface area contributed by atoms with Gasteiger partial charge in [0.25, 0.3) is 0 Å². The first-order valence-electron chi connectivity index (χ1n) is 9.98. The number of halogens is 1. The Bertz CT molecular complexity index is 676. The fraction of sp³-hybridized carbons (Fsp3) is 0.619. The van der Waals surface area contributed by atoms with E-state index in [9.17, 15) is 4.79 Å².